The average Bonchev–Trinajstić information content (AvgIpc) is 2.70. The summed E-state index contributed by atoms with van der Waals surface area (Å²) >= 11 is 1.82. The molecule has 13 heavy (non-hydrogen) atoms. The van der Waals surface area contributed by atoms with Crippen LogP contribution in [0.2, 0.25) is 0 Å². The second-order valence-electron chi connectivity index (χ2n) is 3.18. The van der Waals surface area contributed by atoms with Crippen LogP contribution < -0.4 is 10.6 Å². The monoisotopic (exact) mass is 194 g/mol. The number of hydrogen-bond acceptors (Lipinski definition) is 3. The molecular formula is C10H14N2S. The lowest BCUT2D eigenvalue weighted by Crippen LogP contribution is -2.13. The van der Waals surface area contributed by atoms with Gasteiger partial charge in [-0.1, -0.05) is 13.3 Å². The Balaban J connectivity index is 2.12. The third-order valence-electron chi connectivity index (χ3n) is 2.09. The zero-order valence-corrected chi connectivity index (χ0v) is 8.58. The predicted molar refractivity (Wildman–Crippen MR) is 57.4 cm³/mol. The van der Waals surface area contributed by atoms with E-state index in [-0.39, 0.29) is 0 Å². The summed E-state index contributed by atoms with van der Waals surface area (Å²) in [4.78, 5) is 1.34. The van der Waals surface area contributed by atoms with E-state index >= 15 is 0 Å². The number of thiophene rings is 1. The van der Waals surface area contributed by atoms with Crippen molar-refractivity contribution >= 4 is 17.0 Å². The van der Waals surface area contributed by atoms with Crippen LogP contribution in [0.1, 0.15) is 23.8 Å². The molecule has 0 bridgehead atoms. The van der Waals surface area contributed by atoms with E-state index in [1.54, 1.807) is 0 Å². The molecule has 2 rings (SSSR count). The molecule has 0 aromatic carbocycles. The summed E-state index contributed by atoms with van der Waals surface area (Å²) in [6, 6.07) is 2.28. The summed E-state index contributed by atoms with van der Waals surface area (Å²) in [5.74, 6) is 0. The SMILES string of the molecule is CCCc1csc(C2=CNCN2)c1. The van der Waals surface area contributed by atoms with Gasteiger partial charge in [0.1, 0.15) is 0 Å². The van der Waals surface area contributed by atoms with Gasteiger partial charge < -0.3 is 10.6 Å². The fourth-order valence-electron chi connectivity index (χ4n) is 1.45. The molecule has 0 amide bonds. The van der Waals surface area contributed by atoms with Crippen LogP contribution >= 0.6 is 11.3 Å². The van der Waals surface area contributed by atoms with Gasteiger partial charge in [0, 0.05) is 6.20 Å². The molecule has 0 saturated carbocycles. The van der Waals surface area contributed by atoms with Crippen molar-refractivity contribution in [3.8, 4) is 0 Å². The maximum atomic E-state index is 3.29. The van der Waals surface area contributed by atoms with Crippen molar-refractivity contribution in [2.45, 2.75) is 19.8 Å². The van der Waals surface area contributed by atoms with Crippen molar-refractivity contribution in [3.63, 3.8) is 0 Å². The molecule has 0 spiro atoms. The zero-order chi connectivity index (χ0) is 9.10. The summed E-state index contributed by atoms with van der Waals surface area (Å²) in [6.45, 7) is 3.07. The molecule has 0 aliphatic carbocycles. The summed E-state index contributed by atoms with van der Waals surface area (Å²) in [5, 5.41) is 8.68. The third kappa shape index (κ3) is 1.86. The summed E-state index contributed by atoms with van der Waals surface area (Å²) in [7, 11) is 0. The highest BCUT2D eigenvalue weighted by molar-refractivity contribution is 7.11. The summed E-state index contributed by atoms with van der Waals surface area (Å²) < 4.78 is 0. The quantitative estimate of drug-likeness (QED) is 0.770. The first-order valence-corrected chi connectivity index (χ1v) is 5.53. The van der Waals surface area contributed by atoms with Gasteiger partial charge in [0.25, 0.3) is 0 Å². The van der Waals surface area contributed by atoms with Gasteiger partial charge in [-0.05, 0) is 23.4 Å². The van der Waals surface area contributed by atoms with Gasteiger partial charge in [-0.25, -0.2) is 0 Å². The van der Waals surface area contributed by atoms with Crippen molar-refractivity contribution < 1.29 is 0 Å². The Hall–Kier alpha value is -0.960. The van der Waals surface area contributed by atoms with Crippen molar-refractivity contribution in [2.24, 2.45) is 0 Å². The number of aryl methyl sites for hydroxylation is 1. The molecule has 3 heteroatoms. The minimum Gasteiger partial charge on any atom is -0.372 e. The summed E-state index contributed by atoms with van der Waals surface area (Å²) in [6.07, 6.45) is 4.46. The number of hydrogen-bond donors (Lipinski definition) is 2. The first kappa shape index (κ1) is 8.63. The lowest BCUT2D eigenvalue weighted by molar-refractivity contribution is 0.843. The predicted octanol–water partition coefficient (Wildman–Crippen LogP) is 2.15. The number of rotatable bonds is 3. The highest BCUT2D eigenvalue weighted by Gasteiger charge is 2.07. The molecule has 70 valence electrons. The van der Waals surface area contributed by atoms with E-state index in [9.17, 15) is 0 Å². The third-order valence-corrected chi connectivity index (χ3v) is 3.10. The molecular weight excluding hydrogens is 180 g/mol. The van der Waals surface area contributed by atoms with Gasteiger partial charge in [0.15, 0.2) is 0 Å². The second-order valence-corrected chi connectivity index (χ2v) is 4.10. The Labute approximate surface area is 82.7 Å². The molecule has 1 aliphatic rings. The van der Waals surface area contributed by atoms with Crippen LogP contribution in [0.5, 0.6) is 0 Å². The average molecular weight is 194 g/mol. The zero-order valence-electron chi connectivity index (χ0n) is 7.76. The van der Waals surface area contributed by atoms with E-state index in [0.717, 1.165) is 6.67 Å². The Morgan fingerprint density at radius 1 is 1.54 bits per heavy atom. The maximum absolute atomic E-state index is 3.29. The molecule has 1 aliphatic heterocycles. The van der Waals surface area contributed by atoms with Crippen LogP contribution in [0.4, 0.5) is 0 Å². The maximum Gasteiger partial charge on any atom is 0.0846 e. The Morgan fingerprint density at radius 2 is 2.46 bits per heavy atom. The topological polar surface area (TPSA) is 24.1 Å². The van der Waals surface area contributed by atoms with Crippen LogP contribution in [0.3, 0.4) is 0 Å². The van der Waals surface area contributed by atoms with Crippen LogP contribution in [0.15, 0.2) is 17.6 Å². The molecule has 0 radical (unpaired) electrons. The van der Waals surface area contributed by atoms with Gasteiger partial charge in [-0.3, -0.25) is 0 Å². The van der Waals surface area contributed by atoms with Gasteiger partial charge in [-0.15, -0.1) is 11.3 Å². The molecule has 0 fully saturated rings. The standard InChI is InChI=1S/C10H14N2S/c1-2-3-8-4-10(13-6-8)9-5-11-7-12-9/h4-6,11-12H,2-3,7H2,1H3. The minimum atomic E-state index is 0.857. The van der Waals surface area contributed by atoms with Crippen LogP contribution in [-0.2, 0) is 6.42 Å². The normalized spacial score (nSPS) is 15.0. The molecule has 0 unspecified atom stereocenters. The Kier molecular flexibility index (Phi) is 2.54. The highest BCUT2D eigenvalue weighted by atomic mass is 32.1. The fraction of sp³-hybridized carbons (Fsp3) is 0.400. The van der Waals surface area contributed by atoms with E-state index in [4.69, 9.17) is 0 Å². The van der Waals surface area contributed by atoms with Gasteiger partial charge >= 0.3 is 0 Å². The van der Waals surface area contributed by atoms with Crippen molar-refractivity contribution in [1.29, 1.82) is 0 Å². The first-order valence-electron chi connectivity index (χ1n) is 4.65. The van der Waals surface area contributed by atoms with Crippen molar-refractivity contribution in [1.82, 2.24) is 10.6 Å². The molecule has 1 aromatic rings. The minimum absolute atomic E-state index is 0.857. The van der Waals surface area contributed by atoms with E-state index in [1.165, 1.54) is 29.0 Å². The van der Waals surface area contributed by atoms with Crippen molar-refractivity contribution in [3.05, 3.63) is 28.1 Å². The molecule has 2 nitrogen and oxygen atoms in total. The lowest BCUT2D eigenvalue weighted by Gasteiger charge is -1.97. The van der Waals surface area contributed by atoms with Crippen LogP contribution in [0.25, 0.3) is 5.70 Å². The second kappa shape index (κ2) is 3.83. The Bertz CT molecular complexity index is 314. The molecule has 2 heterocycles. The van der Waals surface area contributed by atoms with E-state index in [1.807, 2.05) is 17.5 Å². The summed E-state index contributed by atoms with van der Waals surface area (Å²) in [5.41, 5.74) is 2.68. The van der Waals surface area contributed by atoms with E-state index < -0.39 is 0 Å². The van der Waals surface area contributed by atoms with Gasteiger partial charge in [-0.2, -0.15) is 0 Å². The Morgan fingerprint density at radius 3 is 3.15 bits per heavy atom. The van der Waals surface area contributed by atoms with Crippen LogP contribution in [0, 0.1) is 0 Å². The van der Waals surface area contributed by atoms with E-state index in [2.05, 4.69) is 29.0 Å². The van der Waals surface area contributed by atoms with E-state index in [0.29, 0.717) is 0 Å². The first-order chi connectivity index (χ1) is 6.40. The van der Waals surface area contributed by atoms with Gasteiger partial charge in [0.2, 0.25) is 0 Å². The smallest absolute Gasteiger partial charge is 0.0846 e. The fourth-order valence-corrected chi connectivity index (χ4v) is 2.39. The molecule has 0 saturated heterocycles. The molecule has 0 atom stereocenters. The molecule has 1 aromatic heterocycles. The van der Waals surface area contributed by atoms with Crippen molar-refractivity contribution in [2.75, 3.05) is 6.67 Å². The highest BCUT2D eigenvalue weighted by Crippen LogP contribution is 2.22. The molecule has 2 N–H and O–H groups in total. The number of nitrogens with one attached hydrogen (secondary N) is 2. The van der Waals surface area contributed by atoms with Crippen LogP contribution in [-0.4, -0.2) is 6.67 Å². The largest absolute Gasteiger partial charge is 0.372 e. The lowest BCUT2D eigenvalue weighted by atomic mass is 10.2. The van der Waals surface area contributed by atoms with Gasteiger partial charge in [0.05, 0.1) is 17.2 Å².